The molecule has 0 saturated carbocycles. The van der Waals surface area contributed by atoms with Gasteiger partial charge in [0.1, 0.15) is 6.33 Å². The highest BCUT2D eigenvalue weighted by Gasteiger charge is 2.21. The molecule has 0 atom stereocenters. The van der Waals surface area contributed by atoms with Gasteiger partial charge >= 0.3 is 0 Å². The zero-order valence-corrected chi connectivity index (χ0v) is 22.3. The maximum atomic E-state index is 4.79. The number of hydrogen-bond donors (Lipinski definition) is 0. The number of anilines is 2. The first-order valence-corrected chi connectivity index (χ1v) is 12.7. The van der Waals surface area contributed by atoms with Gasteiger partial charge in [-0.05, 0) is 67.5 Å². The van der Waals surface area contributed by atoms with Crippen molar-refractivity contribution in [3.8, 4) is 0 Å². The molecule has 0 radical (unpaired) electrons. The van der Waals surface area contributed by atoms with Gasteiger partial charge in [-0.1, -0.05) is 18.2 Å². The molecule has 0 aliphatic rings. The Bertz CT molecular complexity index is 994. The van der Waals surface area contributed by atoms with Crippen LogP contribution in [0.5, 0.6) is 0 Å². The van der Waals surface area contributed by atoms with Crippen LogP contribution in [-0.4, -0.2) is 73.1 Å². The van der Waals surface area contributed by atoms with Crippen LogP contribution in [0, 0.1) is 0 Å². The Morgan fingerprint density at radius 3 is 1.88 bits per heavy atom. The van der Waals surface area contributed by atoms with Gasteiger partial charge in [0.25, 0.3) is 0 Å². The Morgan fingerprint density at radius 2 is 1.29 bits per heavy atom. The highest BCUT2D eigenvalue weighted by molar-refractivity contribution is 5.86. The molecule has 3 rings (SSSR count). The topological polar surface area (TPSA) is 53.3 Å². The molecule has 0 aliphatic heterocycles. The second kappa shape index (κ2) is 11.8. The third-order valence-electron chi connectivity index (χ3n) is 6.54. The molecule has 0 fully saturated rings. The van der Waals surface area contributed by atoms with Crippen molar-refractivity contribution in [1.29, 1.82) is 0 Å². The van der Waals surface area contributed by atoms with Gasteiger partial charge in [0.2, 0.25) is 0 Å². The SMILES string of the molecule is CC(C)N(CCN(c1ccccc1)c1ncnc2c1ncn2CCN(C(C)C)C(C)C)C(C)C. The molecule has 0 saturated heterocycles. The highest BCUT2D eigenvalue weighted by Crippen LogP contribution is 2.28. The Balaban J connectivity index is 1.93. The first kappa shape index (κ1) is 26.1. The van der Waals surface area contributed by atoms with E-state index in [4.69, 9.17) is 9.97 Å². The summed E-state index contributed by atoms with van der Waals surface area (Å²) in [6.07, 6.45) is 3.59. The van der Waals surface area contributed by atoms with Gasteiger partial charge in [-0.15, -0.1) is 0 Å². The lowest BCUT2D eigenvalue weighted by Gasteiger charge is -2.33. The molecule has 34 heavy (non-hydrogen) atoms. The molecular formula is C27H43N7. The van der Waals surface area contributed by atoms with Crippen molar-refractivity contribution in [3.05, 3.63) is 43.0 Å². The van der Waals surface area contributed by atoms with Crippen molar-refractivity contribution in [3.63, 3.8) is 0 Å². The molecule has 0 amide bonds. The van der Waals surface area contributed by atoms with Gasteiger partial charge < -0.3 is 9.47 Å². The first-order chi connectivity index (χ1) is 16.2. The van der Waals surface area contributed by atoms with E-state index in [0.29, 0.717) is 24.2 Å². The van der Waals surface area contributed by atoms with Crippen LogP contribution < -0.4 is 4.90 Å². The number of para-hydroxylation sites is 1. The minimum atomic E-state index is 0.479. The fourth-order valence-corrected chi connectivity index (χ4v) is 4.86. The molecule has 2 aromatic heterocycles. The van der Waals surface area contributed by atoms with E-state index in [1.54, 1.807) is 6.33 Å². The number of nitrogens with zero attached hydrogens (tertiary/aromatic N) is 7. The molecule has 0 N–H and O–H groups in total. The van der Waals surface area contributed by atoms with Gasteiger partial charge in [-0.3, -0.25) is 9.80 Å². The number of aromatic nitrogens is 4. The summed E-state index contributed by atoms with van der Waals surface area (Å²) in [5.74, 6) is 0.868. The second-order valence-electron chi connectivity index (χ2n) is 10.1. The summed E-state index contributed by atoms with van der Waals surface area (Å²) in [5.41, 5.74) is 2.87. The summed E-state index contributed by atoms with van der Waals surface area (Å²) in [7, 11) is 0. The standard InChI is InChI=1S/C27H43N7/c1-20(2)32(21(3)4)15-14-31-19-30-25-26(31)28-18-29-27(25)34(24-12-10-9-11-13-24)17-16-33(22(5)6)23(7)8/h9-13,18-23H,14-17H2,1-8H3. The van der Waals surface area contributed by atoms with Crippen LogP contribution in [0.3, 0.4) is 0 Å². The van der Waals surface area contributed by atoms with E-state index in [0.717, 1.165) is 48.8 Å². The largest absolute Gasteiger partial charge is 0.323 e. The van der Waals surface area contributed by atoms with Crippen molar-refractivity contribution in [1.82, 2.24) is 29.3 Å². The molecule has 0 bridgehead atoms. The van der Waals surface area contributed by atoms with E-state index < -0.39 is 0 Å². The predicted octanol–water partition coefficient (Wildman–Crippen LogP) is 5.20. The van der Waals surface area contributed by atoms with Crippen molar-refractivity contribution in [2.24, 2.45) is 0 Å². The van der Waals surface area contributed by atoms with E-state index in [1.807, 2.05) is 6.33 Å². The monoisotopic (exact) mass is 465 g/mol. The molecule has 7 nitrogen and oxygen atoms in total. The van der Waals surface area contributed by atoms with Crippen LogP contribution in [0.15, 0.2) is 43.0 Å². The minimum absolute atomic E-state index is 0.479. The van der Waals surface area contributed by atoms with Crippen molar-refractivity contribution >= 4 is 22.7 Å². The smallest absolute Gasteiger partial charge is 0.165 e. The molecule has 186 valence electrons. The molecule has 3 aromatic rings. The fraction of sp³-hybridized carbons (Fsp3) is 0.593. The van der Waals surface area contributed by atoms with Gasteiger partial charge in [0.15, 0.2) is 17.0 Å². The lowest BCUT2D eigenvalue weighted by atomic mass is 10.2. The van der Waals surface area contributed by atoms with E-state index in [2.05, 4.69) is 110 Å². The third kappa shape index (κ3) is 6.13. The van der Waals surface area contributed by atoms with Crippen LogP contribution in [0.1, 0.15) is 55.4 Å². The summed E-state index contributed by atoms with van der Waals surface area (Å²) >= 11 is 0. The van der Waals surface area contributed by atoms with Crippen LogP contribution in [0.2, 0.25) is 0 Å². The van der Waals surface area contributed by atoms with E-state index >= 15 is 0 Å². The highest BCUT2D eigenvalue weighted by atomic mass is 15.3. The van der Waals surface area contributed by atoms with Crippen LogP contribution in [-0.2, 0) is 6.54 Å². The predicted molar refractivity (Wildman–Crippen MR) is 143 cm³/mol. The molecule has 7 heteroatoms. The molecule has 2 heterocycles. The van der Waals surface area contributed by atoms with E-state index in [-0.39, 0.29) is 0 Å². The zero-order valence-electron chi connectivity index (χ0n) is 22.3. The Morgan fingerprint density at radius 1 is 0.706 bits per heavy atom. The number of hydrogen-bond acceptors (Lipinski definition) is 6. The maximum Gasteiger partial charge on any atom is 0.165 e. The normalized spacial score (nSPS) is 12.4. The van der Waals surface area contributed by atoms with Gasteiger partial charge in [-0.2, -0.15) is 0 Å². The summed E-state index contributed by atoms with van der Waals surface area (Å²) in [4.78, 5) is 21.4. The quantitative estimate of drug-likeness (QED) is 0.366. The van der Waals surface area contributed by atoms with Crippen molar-refractivity contribution in [2.45, 2.75) is 86.1 Å². The summed E-state index contributed by atoms with van der Waals surface area (Å²) in [5, 5.41) is 0. The molecule has 0 aliphatic carbocycles. The van der Waals surface area contributed by atoms with Crippen LogP contribution in [0.25, 0.3) is 11.2 Å². The minimum Gasteiger partial charge on any atom is -0.323 e. The number of rotatable bonds is 12. The fourth-order valence-electron chi connectivity index (χ4n) is 4.86. The van der Waals surface area contributed by atoms with Gasteiger partial charge in [-0.25, -0.2) is 15.0 Å². The van der Waals surface area contributed by atoms with Gasteiger partial charge in [0, 0.05) is 56.0 Å². The van der Waals surface area contributed by atoms with Gasteiger partial charge in [0.05, 0.1) is 6.33 Å². The average Bonchev–Trinajstić information content (AvgIpc) is 3.20. The summed E-state index contributed by atoms with van der Waals surface area (Å²) < 4.78 is 2.16. The lowest BCUT2D eigenvalue weighted by molar-refractivity contribution is 0.169. The molecular weight excluding hydrogens is 422 g/mol. The summed E-state index contributed by atoms with van der Waals surface area (Å²) in [6.45, 7) is 21.6. The van der Waals surface area contributed by atoms with Crippen LogP contribution in [0.4, 0.5) is 11.5 Å². The zero-order chi connectivity index (χ0) is 24.8. The number of imidazole rings is 1. The Hall–Kier alpha value is -2.51. The lowest BCUT2D eigenvalue weighted by Crippen LogP contribution is -2.42. The Kier molecular flexibility index (Phi) is 9.03. The van der Waals surface area contributed by atoms with E-state index in [9.17, 15) is 0 Å². The second-order valence-corrected chi connectivity index (χ2v) is 10.1. The number of fused-ring (bicyclic) bond motifs is 1. The van der Waals surface area contributed by atoms with Crippen molar-refractivity contribution in [2.75, 3.05) is 24.5 Å². The molecule has 0 spiro atoms. The third-order valence-corrected chi connectivity index (χ3v) is 6.54. The maximum absolute atomic E-state index is 4.79. The molecule has 0 unspecified atom stereocenters. The Labute approximate surface area is 205 Å². The molecule has 1 aromatic carbocycles. The van der Waals surface area contributed by atoms with Crippen molar-refractivity contribution < 1.29 is 0 Å². The average molecular weight is 466 g/mol. The summed E-state index contributed by atoms with van der Waals surface area (Å²) in [6, 6.07) is 12.4. The van der Waals surface area contributed by atoms with E-state index in [1.165, 1.54) is 0 Å². The van der Waals surface area contributed by atoms with Crippen LogP contribution >= 0.6 is 0 Å². The number of benzene rings is 1. The first-order valence-electron chi connectivity index (χ1n) is 12.7.